The van der Waals surface area contributed by atoms with Crippen LogP contribution in [0.1, 0.15) is 37.4 Å². The molecular weight excluding hydrogens is 304 g/mol. The number of carbonyl (C=O) groups is 2. The molecule has 0 aliphatic carbocycles. The van der Waals surface area contributed by atoms with Crippen LogP contribution in [0.15, 0.2) is 42.0 Å². The Labute approximate surface area is 140 Å². The van der Waals surface area contributed by atoms with Crippen LogP contribution in [0.4, 0.5) is 0 Å². The zero-order valence-electron chi connectivity index (χ0n) is 13.9. The Morgan fingerprint density at radius 2 is 1.75 bits per heavy atom. The number of Topliss-reactive ketones (excluding diaryl/α,β-unsaturated/α-hetero) is 1. The Bertz CT molecular complexity index is 845. The van der Waals surface area contributed by atoms with Gasteiger partial charge in [0.2, 0.25) is 0 Å². The lowest BCUT2D eigenvalue weighted by Crippen LogP contribution is -2.21. The van der Waals surface area contributed by atoms with Crippen molar-refractivity contribution in [2.75, 3.05) is 13.7 Å². The molecule has 122 valence electrons. The van der Waals surface area contributed by atoms with Crippen molar-refractivity contribution in [3.8, 4) is 5.75 Å². The van der Waals surface area contributed by atoms with Gasteiger partial charge in [0.1, 0.15) is 12.4 Å². The molecule has 0 saturated carbocycles. The van der Waals surface area contributed by atoms with E-state index in [1.165, 1.54) is 7.11 Å². The molecule has 0 fully saturated rings. The molecular formula is C20H18O4. The fraction of sp³-hybridized carbons (Fsp3) is 0.200. The summed E-state index contributed by atoms with van der Waals surface area (Å²) in [5.41, 5.74) is 4.42. The minimum Gasteiger partial charge on any atom is -0.488 e. The van der Waals surface area contributed by atoms with Crippen LogP contribution < -0.4 is 4.74 Å². The number of rotatable bonds is 2. The number of ether oxygens (including phenoxy) is 2. The highest BCUT2D eigenvalue weighted by atomic mass is 16.5. The molecule has 0 radical (unpaired) electrons. The summed E-state index contributed by atoms with van der Waals surface area (Å²) < 4.78 is 10.5. The van der Waals surface area contributed by atoms with Crippen molar-refractivity contribution in [3.05, 3.63) is 69.8 Å². The van der Waals surface area contributed by atoms with Gasteiger partial charge >= 0.3 is 5.97 Å². The first-order valence-electron chi connectivity index (χ1n) is 7.68. The summed E-state index contributed by atoms with van der Waals surface area (Å²) in [4.78, 5) is 24.3. The minimum atomic E-state index is -0.383. The Morgan fingerprint density at radius 3 is 2.42 bits per heavy atom. The van der Waals surface area contributed by atoms with Crippen LogP contribution >= 0.6 is 0 Å². The van der Waals surface area contributed by atoms with Crippen molar-refractivity contribution < 1.29 is 19.1 Å². The van der Waals surface area contributed by atoms with E-state index in [4.69, 9.17) is 4.74 Å². The van der Waals surface area contributed by atoms with Crippen LogP contribution in [0, 0.1) is 13.8 Å². The second kappa shape index (κ2) is 6.32. The average Bonchev–Trinajstić information content (AvgIpc) is 2.60. The third-order valence-corrected chi connectivity index (χ3v) is 4.13. The molecule has 0 N–H and O–H groups in total. The number of aryl methyl sites for hydroxylation is 2. The third-order valence-electron chi connectivity index (χ3n) is 4.13. The maximum atomic E-state index is 12.8. The molecule has 0 aromatic heterocycles. The molecule has 1 aliphatic rings. The summed E-state index contributed by atoms with van der Waals surface area (Å²) in [6, 6.07) is 10.8. The summed E-state index contributed by atoms with van der Waals surface area (Å²) in [7, 11) is 1.35. The minimum absolute atomic E-state index is 0.00510. The van der Waals surface area contributed by atoms with Gasteiger partial charge in [-0.05, 0) is 48.7 Å². The highest BCUT2D eigenvalue weighted by Gasteiger charge is 2.26. The number of hydrogen-bond acceptors (Lipinski definition) is 4. The number of benzene rings is 2. The van der Waals surface area contributed by atoms with Gasteiger partial charge in [-0.25, -0.2) is 4.79 Å². The predicted molar refractivity (Wildman–Crippen MR) is 91.5 cm³/mol. The first-order valence-corrected chi connectivity index (χ1v) is 7.68. The highest BCUT2D eigenvalue weighted by Crippen LogP contribution is 2.33. The molecule has 2 aromatic carbocycles. The van der Waals surface area contributed by atoms with E-state index in [0.717, 1.165) is 16.7 Å². The molecule has 4 heteroatoms. The van der Waals surface area contributed by atoms with Gasteiger partial charge in [-0.15, -0.1) is 0 Å². The molecule has 0 spiro atoms. The summed E-state index contributed by atoms with van der Waals surface area (Å²) in [5, 5.41) is 0. The first kappa shape index (κ1) is 16.0. The Hall–Kier alpha value is -2.88. The van der Waals surface area contributed by atoms with E-state index in [9.17, 15) is 9.59 Å². The highest BCUT2D eigenvalue weighted by molar-refractivity contribution is 6.15. The van der Waals surface area contributed by atoms with Crippen LogP contribution in [-0.2, 0) is 4.74 Å². The van der Waals surface area contributed by atoms with Gasteiger partial charge in [-0.3, -0.25) is 4.79 Å². The number of methoxy groups -OCH3 is 1. The van der Waals surface area contributed by atoms with E-state index < -0.39 is 0 Å². The molecule has 2 aromatic rings. The van der Waals surface area contributed by atoms with Crippen molar-refractivity contribution in [3.63, 3.8) is 0 Å². The lowest BCUT2D eigenvalue weighted by Gasteiger charge is -2.22. The standard InChI is InChI=1S/C20H18O4/c1-12-4-5-13(2)19-17(12)18(21)16(11-24-19)10-14-6-8-15(9-7-14)20(22)23-3/h4-10H,11H2,1-3H3/b16-10-. The fourth-order valence-electron chi connectivity index (χ4n) is 2.77. The number of carbonyl (C=O) groups excluding carboxylic acids is 2. The molecule has 0 amide bonds. The summed E-state index contributed by atoms with van der Waals surface area (Å²) in [6.07, 6.45) is 1.80. The number of fused-ring (bicyclic) bond motifs is 1. The van der Waals surface area contributed by atoms with E-state index in [1.807, 2.05) is 26.0 Å². The zero-order chi connectivity index (χ0) is 17.3. The van der Waals surface area contributed by atoms with E-state index >= 15 is 0 Å². The van der Waals surface area contributed by atoms with E-state index in [0.29, 0.717) is 22.4 Å². The Kier molecular flexibility index (Phi) is 4.21. The third kappa shape index (κ3) is 2.83. The monoisotopic (exact) mass is 322 g/mol. The fourth-order valence-corrected chi connectivity index (χ4v) is 2.77. The average molecular weight is 322 g/mol. The van der Waals surface area contributed by atoms with Crippen molar-refractivity contribution in [2.24, 2.45) is 0 Å². The number of hydrogen-bond donors (Lipinski definition) is 0. The van der Waals surface area contributed by atoms with Crippen LogP contribution in [0.5, 0.6) is 5.75 Å². The largest absolute Gasteiger partial charge is 0.488 e. The van der Waals surface area contributed by atoms with Crippen molar-refractivity contribution in [2.45, 2.75) is 13.8 Å². The molecule has 1 heterocycles. The second-order valence-electron chi connectivity index (χ2n) is 5.80. The quantitative estimate of drug-likeness (QED) is 0.624. The number of esters is 1. The van der Waals surface area contributed by atoms with Gasteiger partial charge in [0.25, 0.3) is 0 Å². The van der Waals surface area contributed by atoms with Crippen LogP contribution in [0.2, 0.25) is 0 Å². The van der Waals surface area contributed by atoms with Crippen molar-refractivity contribution in [1.82, 2.24) is 0 Å². The second-order valence-corrected chi connectivity index (χ2v) is 5.80. The first-order chi connectivity index (χ1) is 11.5. The SMILES string of the molecule is COC(=O)c1ccc(/C=C2/COc3c(C)ccc(C)c3C2=O)cc1. The topological polar surface area (TPSA) is 52.6 Å². The normalized spacial score (nSPS) is 15.0. The predicted octanol–water partition coefficient (Wildman–Crippen LogP) is 3.75. The van der Waals surface area contributed by atoms with Crippen LogP contribution in [0.25, 0.3) is 6.08 Å². The molecule has 0 atom stereocenters. The van der Waals surface area contributed by atoms with Gasteiger partial charge in [0.05, 0.1) is 18.2 Å². The van der Waals surface area contributed by atoms with Crippen LogP contribution in [0.3, 0.4) is 0 Å². The number of ketones is 1. The molecule has 0 unspecified atom stereocenters. The summed E-state index contributed by atoms with van der Waals surface area (Å²) >= 11 is 0. The van der Waals surface area contributed by atoms with Gasteiger partial charge in [-0.2, -0.15) is 0 Å². The Morgan fingerprint density at radius 1 is 1.08 bits per heavy atom. The summed E-state index contributed by atoms with van der Waals surface area (Å²) in [5.74, 6) is 0.291. The van der Waals surface area contributed by atoms with Gasteiger partial charge in [0.15, 0.2) is 5.78 Å². The molecule has 0 bridgehead atoms. The van der Waals surface area contributed by atoms with Crippen molar-refractivity contribution >= 4 is 17.8 Å². The molecule has 24 heavy (non-hydrogen) atoms. The van der Waals surface area contributed by atoms with E-state index in [-0.39, 0.29) is 18.4 Å². The molecule has 3 rings (SSSR count). The summed E-state index contributed by atoms with van der Waals surface area (Å²) in [6.45, 7) is 4.09. The van der Waals surface area contributed by atoms with Crippen LogP contribution in [-0.4, -0.2) is 25.5 Å². The molecule has 4 nitrogen and oxygen atoms in total. The molecule has 0 saturated heterocycles. The lowest BCUT2D eigenvalue weighted by atomic mass is 9.93. The molecule has 1 aliphatic heterocycles. The van der Waals surface area contributed by atoms with Crippen molar-refractivity contribution in [1.29, 1.82) is 0 Å². The lowest BCUT2D eigenvalue weighted by molar-refractivity contribution is 0.0600. The maximum Gasteiger partial charge on any atom is 0.337 e. The van der Waals surface area contributed by atoms with E-state index in [1.54, 1.807) is 30.3 Å². The van der Waals surface area contributed by atoms with E-state index in [2.05, 4.69) is 4.74 Å². The van der Waals surface area contributed by atoms with Gasteiger partial charge in [-0.1, -0.05) is 24.3 Å². The van der Waals surface area contributed by atoms with Gasteiger partial charge in [0, 0.05) is 5.57 Å². The maximum absolute atomic E-state index is 12.8. The zero-order valence-corrected chi connectivity index (χ0v) is 13.9. The Balaban J connectivity index is 1.93. The smallest absolute Gasteiger partial charge is 0.337 e. The van der Waals surface area contributed by atoms with Gasteiger partial charge < -0.3 is 9.47 Å².